The van der Waals surface area contributed by atoms with Crippen LogP contribution in [-0.2, 0) is 21.7 Å². The molecule has 2 aromatic carbocycles. The maximum Gasteiger partial charge on any atom is 0.269 e. The zero-order valence-electron chi connectivity index (χ0n) is 27.8. The number of hydrogen-bond donors (Lipinski definition) is 4. The lowest BCUT2D eigenvalue weighted by atomic mass is 9.76. The highest BCUT2D eigenvalue weighted by atomic mass is 16.6. The summed E-state index contributed by atoms with van der Waals surface area (Å²) in [5.74, 6) is 0. The molecular formula is C38H38N6O4. The number of nitro benzene ring substituents is 2. The third kappa shape index (κ3) is 4.46. The number of aromatic nitrogens is 4. The van der Waals surface area contributed by atoms with Crippen LogP contribution in [0.3, 0.4) is 0 Å². The third-order valence-corrected chi connectivity index (χ3v) is 10.9. The summed E-state index contributed by atoms with van der Waals surface area (Å²) in [7, 11) is 0. The van der Waals surface area contributed by atoms with Crippen LogP contribution in [0, 0.1) is 20.2 Å². The molecule has 0 amide bonds. The van der Waals surface area contributed by atoms with Crippen LogP contribution in [0.2, 0.25) is 0 Å². The molecule has 0 saturated carbocycles. The molecule has 1 aliphatic heterocycles. The molecule has 6 aromatic rings. The van der Waals surface area contributed by atoms with E-state index in [0.717, 1.165) is 56.7 Å². The normalized spacial score (nSPS) is 21.1. The van der Waals surface area contributed by atoms with E-state index in [0.29, 0.717) is 0 Å². The van der Waals surface area contributed by atoms with Crippen molar-refractivity contribution in [3.8, 4) is 0 Å². The van der Waals surface area contributed by atoms with Crippen LogP contribution >= 0.6 is 0 Å². The van der Waals surface area contributed by atoms with Crippen LogP contribution < -0.4 is 0 Å². The smallest absolute Gasteiger partial charge is 0.269 e. The van der Waals surface area contributed by atoms with E-state index in [1.807, 2.05) is 24.3 Å². The molecule has 4 aromatic heterocycles. The molecular weight excluding hydrogens is 604 g/mol. The fraction of sp³-hybridized carbons (Fsp3) is 0.263. The summed E-state index contributed by atoms with van der Waals surface area (Å²) >= 11 is 0. The molecule has 8 bridgehead atoms. The van der Waals surface area contributed by atoms with Crippen LogP contribution in [0.4, 0.5) is 11.4 Å². The Kier molecular flexibility index (Phi) is 6.73. The van der Waals surface area contributed by atoms with Crippen LogP contribution in [0.15, 0.2) is 97.1 Å². The fourth-order valence-electron chi connectivity index (χ4n) is 7.24. The van der Waals surface area contributed by atoms with Gasteiger partial charge in [0.1, 0.15) is 0 Å². The quantitative estimate of drug-likeness (QED) is 0.113. The van der Waals surface area contributed by atoms with E-state index < -0.39 is 21.7 Å². The van der Waals surface area contributed by atoms with Gasteiger partial charge < -0.3 is 19.9 Å². The number of nitrogens with one attached hydrogen (secondary N) is 4. The number of nitro groups is 2. The highest BCUT2D eigenvalue weighted by Crippen LogP contribution is 2.45. The molecule has 0 aliphatic carbocycles. The van der Waals surface area contributed by atoms with Crippen molar-refractivity contribution >= 4 is 11.4 Å². The molecule has 0 radical (unpaired) electrons. The minimum atomic E-state index is -0.689. The summed E-state index contributed by atoms with van der Waals surface area (Å²) in [6.45, 7) is 12.9. The van der Waals surface area contributed by atoms with Crippen molar-refractivity contribution in [2.45, 2.75) is 63.2 Å². The molecule has 5 heterocycles. The Morgan fingerprint density at radius 3 is 0.854 bits per heavy atom. The minimum absolute atomic E-state index is 0.0444. The van der Waals surface area contributed by atoms with Crippen molar-refractivity contribution in [2.75, 3.05) is 0 Å². The Hall–Kier alpha value is -5.64. The first kappa shape index (κ1) is 31.0. The lowest BCUT2D eigenvalue weighted by Gasteiger charge is -2.32. The van der Waals surface area contributed by atoms with Crippen molar-refractivity contribution in [3.63, 3.8) is 0 Å². The van der Waals surface area contributed by atoms with Gasteiger partial charge >= 0.3 is 0 Å². The second-order valence-electron chi connectivity index (χ2n) is 14.3. The molecule has 4 N–H and O–H groups in total. The van der Waals surface area contributed by atoms with E-state index in [1.54, 1.807) is 24.3 Å². The SMILES string of the molecule is CC1(C)c2ccc([nH]2)C(C)(c2ccc([N+](=O)[O-])cc2)c2ccc([nH]2)C(C)(C)c2ccc([nH]2)C(C)(c2ccc([N+](=O)[O-])cc2)c2ccc1[nH]2. The summed E-state index contributed by atoms with van der Waals surface area (Å²) in [5.41, 5.74) is 7.37. The van der Waals surface area contributed by atoms with Gasteiger partial charge in [0.05, 0.1) is 20.7 Å². The van der Waals surface area contributed by atoms with Gasteiger partial charge in [-0.25, -0.2) is 0 Å². The molecule has 10 nitrogen and oxygen atoms in total. The summed E-state index contributed by atoms with van der Waals surface area (Å²) < 4.78 is 0. The van der Waals surface area contributed by atoms with Gasteiger partial charge in [0.15, 0.2) is 0 Å². The van der Waals surface area contributed by atoms with Gasteiger partial charge in [-0.2, -0.15) is 0 Å². The van der Waals surface area contributed by atoms with Gasteiger partial charge in [-0.1, -0.05) is 24.3 Å². The fourth-order valence-corrected chi connectivity index (χ4v) is 7.24. The monoisotopic (exact) mass is 642 g/mol. The molecule has 10 heteroatoms. The number of hydrogen-bond acceptors (Lipinski definition) is 4. The minimum Gasteiger partial charge on any atom is -0.360 e. The first-order valence-corrected chi connectivity index (χ1v) is 16.0. The third-order valence-electron chi connectivity index (χ3n) is 10.9. The van der Waals surface area contributed by atoms with Gasteiger partial charge in [-0.05, 0) is 101 Å². The zero-order valence-corrected chi connectivity index (χ0v) is 27.8. The Morgan fingerprint density at radius 2 is 0.625 bits per heavy atom. The summed E-state index contributed by atoms with van der Waals surface area (Å²) in [5, 5.41) is 23.0. The zero-order chi connectivity index (χ0) is 34.2. The Labute approximate surface area is 278 Å². The van der Waals surface area contributed by atoms with Crippen molar-refractivity contribution < 1.29 is 9.85 Å². The molecule has 7 rings (SSSR count). The Balaban J connectivity index is 1.46. The largest absolute Gasteiger partial charge is 0.360 e. The number of fused-ring (bicyclic) bond motifs is 8. The van der Waals surface area contributed by atoms with Crippen LogP contribution in [-0.4, -0.2) is 29.8 Å². The molecule has 244 valence electrons. The topological polar surface area (TPSA) is 149 Å². The maximum atomic E-state index is 11.5. The highest BCUT2D eigenvalue weighted by molar-refractivity contribution is 5.53. The number of benzene rings is 2. The van der Waals surface area contributed by atoms with Crippen LogP contribution in [0.1, 0.15) is 98.2 Å². The molecule has 0 spiro atoms. The first-order chi connectivity index (χ1) is 22.7. The van der Waals surface area contributed by atoms with E-state index in [-0.39, 0.29) is 21.2 Å². The van der Waals surface area contributed by atoms with E-state index >= 15 is 0 Å². The van der Waals surface area contributed by atoms with Crippen LogP contribution in [0.5, 0.6) is 0 Å². The molecule has 48 heavy (non-hydrogen) atoms. The summed E-state index contributed by atoms with van der Waals surface area (Å²) in [6, 6.07) is 30.4. The first-order valence-electron chi connectivity index (χ1n) is 16.0. The predicted molar refractivity (Wildman–Crippen MR) is 185 cm³/mol. The average molecular weight is 643 g/mol. The van der Waals surface area contributed by atoms with Crippen molar-refractivity contribution in [2.24, 2.45) is 0 Å². The molecule has 0 saturated heterocycles. The van der Waals surface area contributed by atoms with Gasteiger partial charge in [0.25, 0.3) is 11.4 Å². The van der Waals surface area contributed by atoms with Crippen molar-refractivity contribution in [1.82, 2.24) is 19.9 Å². The van der Waals surface area contributed by atoms with E-state index in [9.17, 15) is 20.2 Å². The van der Waals surface area contributed by atoms with Gasteiger partial charge in [0, 0.05) is 80.6 Å². The number of aromatic amines is 4. The molecule has 0 unspecified atom stereocenters. The van der Waals surface area contributed by atoms with E-state index in [4.69, 9.17) is 0 Å². The van der Waals surface area contributed by atoms with Gasteiger partial charge in [-0.3, -0.25) is 20.2 Å². The highest BCUT2D eigenvalue weighted by Gasteiger charge is 2.41. The lowest BCUT2D eigenvalue weighted by Crippen LogP contribution is -2.29. The Bertz CT molecular complexity index is 1930. The molecule has 0 atom stereocenters. The second-order valence-corrected chi connectivity index (χ2v) is 14.3. The lowest BCUT2D eigenvalue weighted by molar-refractivity contribution is -0.385. The number of H-pyrrole nitrogens is 4. The average Bonchev–Trinajstić information content (AvgIpc) is 3.90. The van der Waals surface area contributed by atoms with Gasteiger partial charge in [-0.15, -0.1) is 0 Å². The van der Waals surface area contributed by atoms with Crippen LogP contribution in [0.25, 0.3) is 0 Å². The van der Waals surface area contributed by atoms with Crippen molar-refractivity contribution in [1.29, 1.82) is 0 Å². The Morgan fingerprint density at radius 1 is 0.396 bits per heavy atom. The second kappa shape index (κ2) is 10.4. The maximum absolute atomic E-state index is 11.5. The summed E-state index contributed by atoms with van der Waals surface area (Å²) in [4.78, 5) is 37.3. The number of rotatable bonds is 4. The standard InChI is InChI=1S/C38H38N6O4/c1-35(2)27-15-19-31(39-27)37(5,23-7-11-25(12-8-23)43(45)46)33-21-17-29(41-33)36(3,4)30-18-22-34(42-30)38(6,32-20-16-28(35)40-32)24-9-13-26(14-10-24)44(47)48/h7-22,39-42H,1-6H3. The molecule has 1 aliphatic rings. The summed E-state index contributed by atoms with van der Waals surface area (Å²) in [6.07, 6.45) is 0. The van der Waals surface area contributed by atoms with Gasteiger partial charge in [0.2, 0.25) is 0 Å². The van der Waals surface area contributed by atoms with Crippen molar-refractivity contribution in [3.05, 3.63) is 174 Å². The van der Waals surface area contributed by atoms with E-state index in [1.165, 1.54) is 0 Å². The van der Waals surface area contributed by atoms with E-state index in [2.05, 4.69) is 110 Å². The molecule has 0 fully saturated rings. The number of non-ortho nitro benzene ring substituents is 2. The predicted octanol–water partition coefficient (Wildman–Crippen LogP) is 8.49. The number of nitrogens with zero attached hydrogens (tertiary/aromatic N) is 2.